The van der Waals surface area contributed by atoms with E-state index >= 15 is 0 Å². The zero-order valence-electron chi connectivity index (χ0n) is 14.7. The number of nitrogens with zero attached hydrogens (tertiary/aromatic N) is 2. The maximum Gasteiger partial charge on any atom is 0.573 e. The summed E-state index contributed by atoms with van der Waals surface area (Å²) in [6.45, 7) is 1.67. The van der Waals surface area contributed by atoms with E-state index in [0.29, 0.717) is 5.69 Å². The van der Waals surface area contributed by atoms with Crippen LogP contribution in [0.1, 0.15) is 30.2 Å². The Morgan fingerprint density at radius 3 is 2.52 bits per heavy atom. The summed E-state index contributed by atoms with van der Waals surface area (Å²) in [5.74, 6) is -1.17. The van der Waals surface area contributed by atoms with Gasteiger partial charge in [-0.2, -0.15) is 0 Å². The van der Waals surface area contributed by atoms with Crippen molar-refractivity contribution in [1.29, 1.82) is 0 Å². The number of halogens is 4. The maximum atomic E-state index is 14.5. The molecule has 0 bridgehead atoms. The van der Waals surface area contributed by atoms with Gasteiger partial charge in [-0.15, -0.1) is 13.2 Å². The highest BCUT2D eigenvalue weighted by Crippen LogP contribution is 2.34. The van der Waals surface area contributed by atoms with Crippen LogP contribution >= 0.6 is 0 Å². The SMILES string of the molecule is CN1CCC(OC(c2ccccn2)c2cc(OC(F)(F)F)ccc2F)CC1. The Morgan fingerprint density at radius 1 is 1.15 bits per heavy atom. The second kappa shape index (κ2) is 8.22. The van der Waals surface area contributed by atoms with E-state index in [1.54, 1.807) is 18.2 Å². The summed E-state index contributed by atoms with van der Waals surface area (Å²) in [6, 6.07) is 8.01. The van der Waals surface area contributed by atoms with Gasteiger partial charge in [0.1, 0.15) is 17.7 Å². The van der Waals surface area contributed by atoms with Gasteiger partial charge in [0.05, 0.1) is 11.8 Å². The Hall–Kier alpha value is -2.19. The maximum absolute atomic E-state index is 14.5. The molecule has 2 heterocycles. The molecule has 8 heteroatoms. The van der Waals surface area contributed by atoms with Crippen LogP contribution in [0.3, 0.4) is 0 Å². The third kappa shape index (κ3) is 5.40. The first-order chi connectivity index (χ1) is 12.8. The third-order valence-electron chi connectivity index (χ3n) is 4.43. The zero-order valence-corrected chi connectivity index (χ0v) is 14.7. The quantitative estimate of drug-likeness (QED) is 0.720. The minimum atomic E-state index is -4.86. The number of hydrogen-bond donors (Lipinski definition) is 0. The average molecular weight is 384 g/mol. The van der Waals surface area contributed by atoms with E-state index in [1.165, 1.54) is 6.20 Å². The summed E-state index contributed by atoms with van der Waals surface area (Å²) in [7, 11) is 2.00. The minimum absolute atomic E-state index is 0.0330. The van der Waals surface area contributed by atoms with E-state index in [0.717, 1.165) is 44.1 Å². The monoisotopic (exact) mass is 384 g/mol. The molecule has 1 aliphatic rings. The normalized spacial score (nSPS) is 17.7. The number of rotatable bonds is 5. The Kier molecular flexibility index (Phi) is 5.96. The van der Waals surface area contributed by atoms with Crippen LogP contribution in [0.4, 0.5) is 17.6 Å². The summed E-state index contributed by atoms with van der Waals surface area (Å²) in [4.78, 5) is 6.38. The molecule has 27 heavy (non-hydrogen) atoms. The second-order valence-electron chi connectivity index (χ2n) is 6.50. The van der Waals surface area contributed by atoms with Crippen molar-refractivity contribution in [2.24, 2.45) is 0 Å². The largest absolute Gasteiger partial charge is 0.573 e. The van der Waals surface area contributed by atoms with Gasteiger partial charge in [0, 0.05) is 24.8 Å². The third-order valence-corrected chi connectivity index (χ3v) is 4.43. The number of hydrogen-bond acceptors (Lipinski definition) is 4. The van der Waals surface area contributed by atoms with Crippen LogP contribution in [-0.2, 0) is 4.74 Å². The van der Waals surface area contributed by atoms with Gasteiger partial charge in [0.15, 0.2) is 0 Å². The molecule has 0 aliphatic carbocycles. The lowest BCUT2D eigenvalue weighted by Crippen LogP contribution is -2.35. The lowest BCUT2D eigenvalue weighted by atomic mass is 10.0. The Labute approximate surface area is 154 Å². The molecule has 1 aromatic heterocycles. The van der Waals surface area contributed by atoms with E-state index in [-0.39, 0.29) is 11.7 Å². The van der Waals surface area contributed by atoms with Gasteiger partial charge >= 0.3 is 6.36 Å². The predicted octanol–water partition coefficient (Wildman–Crippen LogP) is 4.32. The molecule has 1 aromatic carbocycles. The van der Waals surface area contributed by atoms with Crippen molar-refractivity contribution < 1.29 is 27.0 Å². The molecular formula is C19H20F4N2O2. The molecule has 2 aromatic rings. The smallest absolute Gasteiger partial charge is 0.406 e. The van der Waals surface area contributed by atoms with E-state index in [9.17, 15) is 17.6 Å². The molecule has 1 unspecified atom stereocenters. The first-order valence-corrected chi connectivity index (χ1v) is 8.62. The highest BCUT2D eigenvalue weighted by Gasteiger charge is 2.32. The van der Waals surface area contributed by atoms with Crippen LogP contribution in [0.2, 0.25) is 0 Å². The number of likely N-dealkylation sites (tertiary alicyclic amines) is 1. The van der Waals surface area contributed by atoms with Crippen LogP contribution in [0.5, 0.6) is 5.75 Å². The number of aromatic nitrogens is 1. The Bertz CT molecular complexity index is 747. The van der Waals surface area contributed by atoms with Gasteiger partial charge in [-0.1, -0.05) is 6.07 Å². The molecule has 4 nitrogen and oxygen atoms in total. The standard InChI is InChI=1S/C19H20F4N2O2/c1-25-10-7-13(8-11-25)26-18(17-4-2-3-9-24-17)15-12-14(5-6-16(15)20)27-19(21,22)23/h2-6,9,12-13,18H,7-8,10-11H2,1H3. The molecule has 1 aliphatic heterocycles. The van der Waals surface area contributed by atoms with Crippen LogP contribution in [0.25, 0.3) is 0 Å². The minimum Gasteiger partial charge on any atom is -0.406 e. The van der Waals surface area contributed by atoms with Gasteiger partial charge in [-0.25, -0.2) is 4.39 Å². The first kappa shape index (κ1) is 19.6. The van der Waals surface area contributed by atoms with Crippen molar-refractivity contribution >= 4 is 0 Å². The second-order valence-corrected chi connectivity index (χ2v) is 6.50. The summed E-state index contributed by atoms with van der Waals surface area (Å²) in [5.41, 5.74) is 0.397. The first-order valence-electron chi connectivity index (χ1n) is 8.62. The molecule has 1 fully saturated rings. The number of alkyl halides is 3. The van der Waals surface area contributed by atoms with Crippen molar-refractivity contribution in [3.05, 3.63) is 59.7 Å². The number of ether oxygens (including phenoxy) is 2. The molecule has 0 radical (unpaired) electrons. The fourth-order valence-corrected chi connectivity index (χ4v) is 3.07. The van der Waals surface area contributed by atoms with E-state index < -0.39 is 24.0 Å². The molecule has 0 spiro atoms. The van der Waals surface area contributed by atoms with Gasteiger partial charge in [-0.3, -0.25) is 4.98 Å². The lowest BCUT2D eigenvalue weighted by Gasteiger charge is -2.32. The molecule has 3 rings (SSSR count). The van der Waals surface area contributed by atoms with Crippen LogP contribution < -0.4 is 4.74 Å². The number of piperidine rings is 1. The van der Waals surface area contributed by atoms with E-state index in [4.69, 9.17) is 4.74 Å². The van der Waals surface area contributed by atoms with Gasteiger partial charge < -0.3 is 14.4 Å². The topological polar surface area (TPSA) is 34.6 Å². The van der Waals surface area contributed by atoms with Crippen LogP contribution in [0.15, 0.2) is 42.6 Å². The number of benzene rings is 1. The fraction of sp³-hybridized carbons (Fsp3) is 0.421. The Morgan fingerprint density at radius 2 is 1.89 bits per heavy atom. The predicted molar refractivity (Wildman–Crippen MR) is 90.8 cm³/mol. The van der Waals surface area contributed by atoms with Gasteiger partial charge in [0.25, 0.3) is 0 Å². The van der Waals surface area contributed by atoms with E-state index in [1.807, 2.05) is 7.05 Å². The average Bonchev–Trinajstić information content (AvgIpc) is 2.63. The summed E-state index contributed by atoms with van der Waals surface area (Å²) >= 11 is 0. The molecule has 0 N–H and O–H groups in total. The molecular weight excluding hydrogens is 364 g/mol. The van der Waals surface area contributed by atoms with Crippen molar-refractivity contribution in [2.75, 3.05) is 20.1 Å². The van der Waals surface area contributed by atoms with Gasteiger partial charge in [0.2, 0.25) is 0 Å². The molecule has 146 valence electrons. The summed E-state index contributed by atoms with van der Waals surface area (Å²) in [5, 5.41) is 0. The zero-order chi connectivity index (χ0) is 19.4. The molecule has 1 atom stereocenters. The van der Waals surface area contributed by atoms with Crippen molar-refractivity contribution in [3.63, 3.8) is 0 Å². The summed E-state index contributed by atoms with van der Waals surface area (Å²) in [6.07, 6.45) is -2.88. The highest BCUT2D eigenvalue weighted by atomic mass is 19.4. The summed E-state index contributed by atoms with van der Waals surface area (Å²) < 4.78 is 62.2. The molecule has 1 saturated heterocycles. The van der Waals surface area contributed by atoms with Gasteiger partial charge in [-0.05, 0) is 50.2 Å². The van der Waals surface area contributed by atoms with Crippen LogP contribution in [-0.4, -0.2) is 42.5 Å². The van der Waals surface area contributed by atoms with Crippen LogP contribution in [0, 0.1) is 5.82 Å². The Balaban J connectivity index is 1.91. The van der Waals surface area contributed by atoms with Crippen molar-refractivity contribution in [2.45, 2.75) is 31.4 Å². The van der Waals surface area contributed by atoms with Crippen molar-refractivity contribution in [1.82, 2.24) is 9.88 Å². The highest BCUT2D eigenvalue weighted by molar-refractivity contribution is 5.35. The molecule has 0 amide bonds. The van der Waals surface area contributed by atoms with Crippen molar-refractivity contribution in [3.8, 4) is 5.75 Å². The number of pyridine rings is 1. The lowest BCUT2D eigenvalue weighted by molar-refractivity contribution is -0.274. The van der Waals surface area contributed by atoms with E-state index in [2.05, 4.69) is 14.6 Å². The fourth-order valence-electron chi connectivity index (χ4n) is 3.07. The molecule has 0 saturated carbocycles.